The first-order valence-electron chi connectivity index (χ1n) is 8.84. The molecule has 0 radical (unpaired) electrons. The molecule has 1 aromatic heterocycles. The van der Waals surface area contributed by atoms with Crippen LogP contribution in [-0.2, 0) is 12.8 Å². The second kappa shape index (κ2) is 7.26. The molecule has 0 aliphatic heterocycles. The fraction of sp³-hybridized carbons (Fsp3) is 0.182. The SMILES string of the molecule is O=C(Nc1c(C(=O)c2ccccc2)sc2c1CCCC2)c1ccccc1. The first-order chi connectivity index (χ1) is 12.7. The van der Waals surface area contributed by atoms with Gasteiger partial charge in [-0.25, -0.2) is 0 Å². The Balaban J connectivity index is 1.74. The number of benzene rings is 2. The largest absolute Gasteiger partial charge is 0.320 e. The van der Waals surface area contributed by atoms with Gasteiger partial charge in [0.05, 0.1) is 10.6 Å². The molecule has 130 valence electrons. The smallest absolute Gasteiger partial charge is 0.255 e. The van der Waals surface area contributed by atoms with Crippen molar-refractivity contribution in [1.82, 2.24) is 0 Å². The highest BCUT2D eigenvalue weighted by Gasteiger charge is 2.26. The minimum atomic E-state index is -0.168. The minimum Gasteiger partial charge on any atom is -0.320 e. The molecule has 4 heteroatoms. The lowest BCUT2D eigenvalue weighted by Gasteiger charge is -2.14. The predicted octanol–water partition coefficient (Wildman–Crippen LogP) is 5.11. The van der Waals surface area contributed by atoms with Crippen molar-refractivity contribution in [1.29, 1.82) is 0 Å². The number of nitrogens with one attached hydrogen (secondary N) is 1. The molecule has 0 fully saturated rings. The van der Waals surface area contributed by atoms with Gasteiger partial charge in [-0.1, -0.05) is 48.5 Å². The number of hydrogen-bond acceptors (Lipinski definition) is 3. The van der Waals surface area contributed by atoms with Crippen molar-refractivity contribution in [2.45, 2.75) is 25.7 Å². The van der Waals surface area contributed by atoms with Gasteiger partial charge in [0, 0.05) is 16.0 Å². The van der Waals surface area contributed by atoms with Crippen LogP contribution in [0, 0.1) is 0 Å². The lowest BCUT2D eigenvalue weighted by Crippen LogP contribution is -2.15. The molecule has 2 aromatic carbocycles. The highest BCUT2D eigenvalue weighted by atomic mass is 32.1. The molecule has 1 aliphatic carbocycles. The fourth-order valence-corrected chi connectivity index (χ4v) is 4.66. The summed E-state index contributed by atoms with van der Waals surface area (Å²) in [6.07, 6.45) is 4.13. The molecule has 0 bridgehead atoms. The van der Waals surface area contributed by atoms with E-state index in [1.54, 1.807) is 12.1 Å². The van der Waals surface area contributed by atoms with Gasteiger partial charge in [0.25, 0.3) is 5.91 Å². The van der Waals surface area contributed by atoms with Gasteiger partial charge in [0.1, 0.15) is 0 Å². The zero-order chi connectivity index (χ0) is 17.9. The Kier molecular flexibility index (Phi) is 4.67. The molecule has 0 spiro atoms. The lowest BCUT2D eigenvalue weighted by atomic mass is 9.96. The molecule has 26 heavy (non-hydrogen) atoms. The lowest BCUT2D eigenvalue weighted by molar-refractivity contribution is 0.102. The van der Waals surface area contributed by atoms with Crippen molar-refractivity contribution in [3.05, 3.63) is 87.1 Å². The molecule has 0 unspecified atom stereocenters. The number of thiophene rings is 1. The number of carbonyl (C=O) groups excluding carboxylic acids is 2. The second-order valence-corrected chi connectivity index (χ2v) is 7.54. The Morgan fingerprint density at radius 2 is 1.42 bits per heavy atom. The van der Waals surface area contributed by atoms with Crippen LogP contribution in [0.1, 0.15) is 48.9 Å². The predicted molar refractivity (Wildman–Crippen MR) is 105 cm³/mol. The number of carbonyl (C=O) groups is 2. The topological polar surface area (TPSA) is 46.2 Å². The molecule has 4 rings (SSSR count). The van der Waals surface area contributed by atoms with E-state index < -0.39 is 0 Å². The molecular weight excluding hydrogens is 342 g/mol. The number of fused-ring (bicyclic) bond motifs is 1. The Morgan fingerprint density at radius 3 is 2.12 bits per heavy atom. The van der Waals surface area contributed by atoms with Crippen LogP contribution in [0.2, 0.25) is 0 Å². The van der Waals surface area contributed by atoms with E-state index in [2.05, 4.69) is 5.32 Å². The third-order valence-electron chi connectivity index (χ3n) is 4.69. The Hall–Kier alpha value is -2.72. The Morgan fingerprint density at radius 1 is 0.808 bits per heavy atom. The van der Waals surface area contributed by atoms with Gasteiger partial charge in [-0.05, 0) is 43.4 Å². The van der Waals surface area contributed by atoms with Crippen LogP contribution in [0.3, 0.4) is 0 Å². The third-order valence-corrected chi connectivity index (χ3v) is 5.98. The van der Waals surface area contributed by atoms with Gasteiger partial charge in [-0.2, -0.15) is 0 Å². The van der Waals surface area contributed by atoms with Gasteiger partial charge < -0.3 is 5.32 Å². The monoisotopic (exact) mass is 361 g/mol. The molecule has 3 aromatic rings. The van der Waals surface area contributed by atoms with E-state index in [1.807, 2.05) is 48.5 Å². The molecule has 0 saturated carbocycles. The summed E-state index contributed by atoms with van der Waals surface area (Å²) in [5, 5.41) is 3.04. The summed E-state index contributed by atoms with van der Waals surface area (Å²) in [6.45, 7) is 0. The molecule has 0 saturated heterocycles. The molecule has 1 N–H and O–H groups in total. The van der Waals surface area contributed by atoms with Gasteiger partial charge in [0.2, 0.25) is 5.78 Å². The molecule has 3 nitrogen and oxygen atoms in total. The van der Waals surface area contributed by atoms with Crippen LogP contribution < -0.4 is 5.32 Å². The second-order valence-electron chi connectivity index (χ2n) is 6.43. The van der Waals surface area contributed by atoms with Gasteiger partial charge in [0.15, 0.2) is 0 Å². The summed E-state index contributed by atoms with van der Waals surface area (Å²) in [5.41, 5.74) is 3.11. The molecule has 1 heterocycles. The summed E-state index contributed by atoms with van der Waals surface area (Å²) in [7, 11) is 0. The highest BCUT2D eigenvalue weighted by molar-refractivity contribution is 7.15. The fourth-order valence-electron chi connectivity index (χ4n) is 3.35. The van der Waals surface area contributed by atoms with Crippen molar-refractivity contribution in [2.24, 2.45) is 0 Å². The van der Waals surface area contributed by atoms with E-state index in [4.69, 9.17) is 0 Å². The first kappa shape index (κ1) is 16.7. The van der Waals surface area contributed by atoms with Crippen molar-refractivity contribution in [2.75, 3.05) is 5.32 Å². The van der Waals surface area contributed by atoms with Gasteiger partial charge >= 0.3 is 0 Å². The standard InChI is InChI=1S/C22H19NO2S/c24-20(15-9-3-1-4-10-15)21-19(17-13-7-8-14-18(17)26-21)23-22(25)16-11-5-2-6-12-16/h1-6,9-12H,7-8,13-14H2,(H,23,25). The van der Waals surface area contributed by atoms with Crippen LogP contribution >= 0.6 is 11.3 Å². The quantitative estimate of drug-likeness (QED) is 0.656. The maximum Gasteiger partial charge on any atom is 0.255 e. The van der Waals surface area contributed by atoms with Gasteiger partial charge in [-0.15, -0.1) is 11.3 Å². The zero-order valence-corrected chi connectivity index (χ0v) is 15.1. The Bertz CT molecular complexity index is 945. The van der Waals surface area contributed by atoms with E-state index in [9.17, 15) is 9.59 Å². The average Bonchev–Trinajstić information content (AvgIpc) is 3.07. The van der Waals surface area contributed by atoms with Crippen LogP contribution in [0.5, 0.6) is 0 Å². The van der Waals surface area contributed by atoms with Crippen molar-refractivity contribution in [3.8, 4) is 0 Å². The van der Waals surface area contributed by atoms with E-state index in [1.165, 1.54) is 16.2 Å². The first-order valence-corrected chi connectivity index (χ1v) is 9.66. The summed E-state index contributed by atoms with van der Waals surface area (Å²) >= 11 is 1.54. The third kappa shape index (κ3) is 3.20. The van der Waals surface area contributed by atoms with Crippen molar-refractivity contribution in [3.63, 3.8) is 0 Å². The molecule has 0 atom stereocenters. The van der Waals surface area contributed by atoms with E-state index >= 15 is 0 Å². The summed E-state index contributed by atoms with van der Waals surface area (Å²) < 4.78 is 0. The summed E-state index contributed by atoms with van der Waals surface area (Å²) in [4.78, 5) is 27.6. The number of rotatable bonds is 4. The normalized spacial score (nSPS) is 13.1. The number of hydrogen-bond donors (Lipinski definition) is 1. The highest BCUT2D eigenvalue weighted by Crippen LogP contribution is 2.39. The molecule has 1 aliphatic rings. The van der Waals surface area contributed by atoms with Crippen LogP contribution in [0.15, 0.2) is 60.7 Å². The van der Waals surface area contributed by atoms with Crippen LogP contribution in [0.25, 0.3) is 0 Å². The average molecular weight is 361 g/mol. The number of anilines is 1. The van der Waals surface area contributed by atoms with E-state index in [-0.39, 0.29) is 11.7 Å². The number of ketones is 1. The summed E-state index contributed by atoms with van der Waals surface area (Å²) in [5.74, 6) is -0.188. The number of aryl methyl sites for hydroxylation is 1. The van der Waals surface area contributed by atoms with Gasteiger partial charge in [-0.3, -0.25) is 9.59 Å². The molecule has 1 amide bonds. The van der Waals surface area contributed by atoms with E-state index in [0.717, 1.165) is 31.2 Å². The maximum atomic E-state index is 13.1. The zero-order valence-electron chi connectivity index (χ0n) is 14.3. The van der Waals surface area contributed by atoms with Crippen LogP contribution in [-0.4, -0.2) is 11.7 Å². The van der Waals surface area contributed by atoms with Crippen molar-refractivity contribution < 1.29 is 9.59 Å². The van der Waals surface area contributed by atoms with Crippen LogP contribution in [0.4, 0.5) is 5.69 Å². The minimum absolute atomic E-state index is 0.0200. The Labute approximate surface area is 156 Å². The van der Waals surface area contributed by atoms with Crippen molar-refractivity contribution >= 4 is 28.7 Å². The maximum absolute atomic E-state index is 13.1. The number of amides is 1. The summed E-state index contributed by atoms with van der Waals surface area (Å²) in [6, 6.07) is 18.4. The van der Waals surface area contributed by atoms with E-state index in [0.29, 0.717) is 21.7 Å². The molecular formula is C22H19NO2S.